The molecule has 0 aliphatic carbocycles. The first-order valence-electron chi connectivity index (χ1n) is 13.7. The Balaban J connectivity index is 1.44. The van der Waals surface area contributed by atoms with Crippen LogP contribution in [0.1, 0.15) is 22.8 Å². The van der Waals surface area contributed by atoms with E-state index in [-0.39, 0.29) is 11.6 Å². The van der Waals surface area contributed by atoms with Gasteiger partial charge in [-0.2, -0.15) is 0 Å². The third kappa shape index (κ3) is 9.04. The highest BCUT2D eigenvalue weighted by atomic mass is 35.5. The van der Waals surface area contributed by atoms with Crippen LogP contribution in [0.3, 0.4) is 0 Å². The Morgan fingerprint density at radius 3 is 2.18 bits per heavy atom. The zero-order valence-corrected chi connectivity index (χ0v) is 26.6. The van der Waals surface area contributed by atoms with E-state index in [1.807, 2.05) is 0 Å². The van der Waals surface area contributed by atoms with Gasteiger partial charge >= 0.3 is 0 Å². The Morgan fingerprint density at radius 1 is 0.800 bits per heavy atom. The molecular formula is C34H32ClN3O6S. The van der Waals surface area contributed by atoms with E-state index in [1.54, 1.807) is 111 Å². The van der Waals surface area contributed by atoms with Gasteiger partial charge in [-0.15, -0.1) is 11.8 Å². The maximum absolute atomic E-state index is 13.4. The molecule has 0 fully saturated rings. The molecule has 4 aromatic carbocycles. The molecule has 0 aliphatic heterocycles. The van der Waals surface area contributed by atoms with Crippen LogP contribution in [0.15, 0.2) is 102 Å². The molecule has 4 aromatic rings. The Kier molecular flexibility index (Phi) is 11.5. The quantitative estimate of drug-likeness (QED) is 0.113. The number of carbonyl (C=O) groups is 3. The summed E-state index contributed by atoms with van der Waals surface area (Å²) in [5.41, 5.74) is 2.06. The molecule has 0 spiro atoms. The van der Waals surface area contributed by atoms with Gasteiger partial charge in [-0.05, 0) is 73.2 Å². The fourth-order valence-electron chi connectivity index (χ4n) is 4.11. The van der Waals surface area contributed by atoms with Gasteiger partial charge in [-0.3, -0.25) is 14.4 Å². The number of halogens is 1. The van der Waals surface area contributed by atoms with Crippen molar-refractivity contribution in [3.63, 3.8) is 0 Å². The summed E-state index contributed by atoms with van der Waals surface area (Å²) in [4.78, 5) is 40.0. The van der Waals surface area contributed by atoms with E-state index in [2.05, 4.69) is 16.0 Å². The van der Waals surface area contributed by atoms with Crippen molar-refractivity contribution in [2.75, 3.05) is 32.0 Å². The van der Waals surface area contributed by atoms with Crippen LogP contribution in [0.5, 0.6) is 17.2 Å². The topological polar surface area (TPSA) is 115 Å². The van der Waals surface area contributed by atoms with E-state index in [9.17, 15) is 14.4 Å². The fourth-order valence-corrected chi connectivity index (χ4v) is 5.21. The SMILES string of the molecule is COc1cccc(/C=C(\NC(=O)c2ccccc2)C(=O)Nc2ccc(SC(C)C(=O)Nc3cc(Cl)c(OC)cc3OC)cc2)c1. The first-order valence-corrected chi connectivity index (χ1v) is 15.0. The third-order valence-corrected chi connectivity index (χ3v) is 7.87. The van der Waals surface area contributed by atoms with Gasteiger partial charge in [0.15, 0.2) is 0 Å². The summed E-state index contributed by atoms with van der Waals surface area (Å²) < 4.78 is 15.9. The summed E-state index contributed by atoms with van der Waals surface area (Å²) >= 11 is 7.57. The van der Waals surface area contributed by atoms with Crippen molar-refractivity contribution in [1.82, 2.24) is 5.32 Å². The number of methoxy groups -OCH3 is 3. The van der Waals surface area contributed by atoms with E-state index in [1.165, 1.54) is 26.0 Å². The summed E-state index contributed by atoms with van der Waals surface area (Å²) in [7, 11) is 4.54. The zero-order chi connectivity index (χ0) is 32.3. The predicted octanol–water partition coefficient (Wildman–Crippen LogP) is 6.89. The molecule has 11 heteroatoms. The van der Waals surface area contributed by atoms with Crippen LogP contribution >= 0.6 is 23.4 Å². The van der Waals surface area contributed by atoms with Crippen molar-refractivity contribution in [1.29, 1.82) is 0 Å². The summed E-state index contributed by atoms with van der Waals surface area (Å²) in [5, 5.41) is 8.27. The molecule has 3 amide bonds. The van der Waals surface area contributed by atoms with Crippen LogP contribution < -0.4 is 30.2 Å². The number of anilines is 2. The Bertz CT molecular complexity index is 1700. The molecule has 0 radical (unpaired) electrons. The number of amides is 3. The van der Waals surface area contributed by atoms with Gasteiger partial charge in [0.25, 0.3) is 11.8 Å². The molecule has 1 atom stereocenters. The number of benzene rings is 4. The largest absolute Gasteiger partial charge is 0.497 e. The average molecular weight is 646 g/mol. The van der Waals surface area contributed by atoms with Crippen molar-refractivity contribution >= 4 is 58.5 Å². The Morgan fingerprint density at radius 2 is 1.51 bits per heavy atom. The Labute approximate surface area is 270 Å². The monoisotopic (exact) mass is 645 g/mol. The second-order valence-electron chi connectivity index (χ2n) is 9.57. The van der Waals surface area contributed by atoms with E-state index in [0.29, 0.717) is 44.8 Å². The molecule has 0 bridgehead atoms. The van der Waals surface area contributed by atoms with Gasteiger partial charge in [-0.25, -0.2) is 0 Å². The molecule has 1 unspecified atom stereocenters. The number of ether oxygens (including phenoxy) is 3. The lowest BCUT2D eigenvalue weighted by Crippen LogP contribution is -2.30. The Hall–Kier alpha value is -4.93. The van der Waals surface area contributed by atoms with E-state index in [4.69, 9.17) is 25.8 Å². The fraction of sp³-hybridized carbons (Fsp3) is 0.147. The smallest absolute Gasteiger partial charge is 0.272 e. The first-order chi connectivity index (χ1) is 21.7. The maximum Gasteiger partial charge on any atom is 0.272 e. The second-order valence-corrected chi connectivity index (χ2v) is 11.4. The normalized spacial score (nSPS) is 11.6. The average Bonchev–Trinajstić information content (AvgIpc) is 3.05. The van der Waals surface area contributed by atoms with E-state index >= 15 is 0 Å². The number of hydrogen-bond donors (Lipinski definition) is 3. The minimum atomic E-state index is -0.512. The molecule has 3 N–H and O–H groups in total. The van der Waals surface area contributed by atoms with E-state index in [0.717, 1.165) is 4.90 Å². The van der Waals surface area contributed by atoms with Crippen molar-refractivity contribution in [3.05, 3.63) is 113 Å². The molecule has 0 saturated carbocycles. The number of nitrogens with one attached hydrogen (secondary N) is 3. The van der Waals surface area contributed by atoms with Gasteiger partial charge in [0.05, 0.1) is 37.3 Å². The molecule has 0 aliphatic rings. The molecule has 0 heterocycles. The highest BCUT2D eigenvalue weighted by Crippen LogP contribution is 2.36. The first kappa shape index (κ1) is 33.0. The summed E-state index contributed by atoms with van der Waals surface area (Å²) in [5.74, 6) is 0.277. The van der Waals surface area contributed by atoms with Crippen molar-refractivity contribution in [3.8, 4) is 17.2 Å². The molecule has 45 heavy (non-hydrogen) atoms. The van der Waals surface area contributed by atoms with Gasteiger partial charge in [0.1, 0.15) is 22.9 Å². The molecular weight excluding hydrogens is 614 g/mol. The van der Waals surface area contributed by atoms with Crippen LogP contribution in [0.4, 0.5) is 11.4 Å². The van der Waals surface area contributed by atoms with Gasteiger partial charge < -0.3 is 30.2 Å². The summed E-state index contributed by atoms with van der Waals surface area (Å²) in [6.07, 6.45) is 1.58. The maximum atomic E-state index is 13.4. The second kappa shape index (κ2) is 15.7. The lowest BCUT2D eigenvalue weighted by Gasteiger charge is -2.16. The number of hydrogen-bond acceptors (Lipinski definition) is 7. The van der Waals surface area contributed by atoms with Crippen LogP contribution in [0.25, 0.3) is 6.08 Å². The third-order valence-electron chi connectivity index (χ3n) is 6.46. The lowest BCUT2D eigenvalue weighted by atomic mass is 10.1. The minimum Gasteiger partial charge on any atom is -0.497 e. The highest BCUT2D eigenvalue weighted by Gasteiger charge is 2.19. The molecule has 232 valence electrons. The summed E-state index contributed by atoms with van der Waals surface area (Å²) in [6.45, 7) is 1.78. The van der Waals surface area contributed by atoms with Gasteiger partial charge in [-0.1, -0.05) is 41.9 Å². The predicted molar refractivity (Wildman–Crippen MR) is 178 cm³/mol. The number of thioether (sulfide) groups is 1. The van der Waals surface area contributed by atoms with Crippen molar-refractivity contribution in [2.24, 2.45) is 0 Å². The van der Waals surface area contributed by atoms with Crippen LogP contribution in [-0.2, 0) is 9.59 Å². The standard InChI is InChI=1S/C34H32ClN3O6S/c1-21(32(39)37-28-19-27(35)30(43-3)20-31(28)44-4)45-26-15-13-24(14-16-26)36-34(41)29(18-22-9-8-12-25(17-22)42-2)38-33(40)23-10-6-5-7-11-23/h5-21H,1-4H3,(H,36,41)(H,37,39)(H,38,40)/b29-18-. The van der Waals surface area contributed by atoms with Crippen molar-refractivity contribution in [2.45, 2.75) is 17.1 Å². The van der Waals surface area contributed by atoms with Gasteiger partial charge in [0, 0.05) is 22.2 Å². The van der Waals surface area contributed by atoms with Crippen LogP contribution in [0, 0.1) is 0 Å². The number of carbonyl (C=O) groups excluding carboxylic acids is 3. The number of rotatable bonds is 12. The molecule has 9 nitrogen and oxygen atoms in total. The van der Waals surface area contributed by atoms with Crippen molar-refractivity contribution < 1.29 is 28.6 Å². The molecule has 4 rings (SSSR count). The lowest BCUT2D eigenvalue weighted by molar-refractivity contribution is -0.115. The molecule has 0 aromatic heterocycles. The molecule has 0 saturated heterocycles. The minimum absolute atomic E-state index is 0.0508. The van der Waals surface area contributed by atoms with Gasteiger partial charge in [0.2, 0.25) is 5.91 Å². The van der Waals surface area contributed by atoms with Crippen LogP contribution in [-0.4, -0.2) is 44.3 Å². The highest BCUT2D eigenvalue weighted by molar-refractivity contribution is 8.00. The zero-order valence-electron chi connectivity index (χ0n) is 25.1. The van der Waals surface area contributed by atoms with E-state index < -0.39 is 17.1 Å². The summed E-state index contributed by atoms with van der Waals surface area (Å²) in [6, 6.07) is 26.0. The van der Waals surface area contributed by atoms with Crippen LogP contribution in [0.2, 0.25) is 5.02 Å².